The summed E-state index contributed by atoms with van der Waals surface area (Å²) in [5.41, 5.74) is 0. The van der Waals surface area contributed by atoms with Gasteiger partial charge in [-0.3, -0.25) is 4.90 Å². The van der Waals surface area contributed by atoms with Crippen molar-refractivity contribution in [2.75, 3.05) is 20.1 Å². The summed E-state index contributed by atoms with van der Waals surface area (Å²) in [7, 11) is 2.04. The third-order valence-corrected chi connectivity index (χ3v) is 6.43. The minimum atomic E-state index is 0.495. The van der Waals surface area contributed by atoms with Crippen molar-refractivity contribution in [3.63, 3.8) is 0 Å². The van der Waals surface area contributed by atoms with Gasteiger partial charge in [-0.05, 0) is 74.7 Å². The molecule has 2 nitrogen and oxygen atoms in total. The van der Waals surface area contributed by atoms with Gasteiger partial charge in [0.1, 0.15) is 4.34 Å². The Morgan fingerprint density at radius 1 is 1.58 bits per heavy atom. The average molecular weight is 366 g/mol. The summed E-state index contributed by atoms with van der Waals surface area (Å²) < 4.78 is 1.90. The molecule has 1 aliphatic heterocycles. The van der Waals surface area contributed by atoms with Crippen LogP contribution in [0.4, 0.5) is 0 Å². The monoisotopic (exact) mass is 364 g/mol. The molecule has 108 valence electrons. The molecule has 1 aliphatic rings. The standard InChI is InChI=1S/C14H22BrClN2S/c1-9(2)18-6-4-5-10(8-17-3)13(18)12-7-11(15)14(16)19-12/h7,9-10,13,17H,4-6,8H2,1-3H3. The number of halogens is 2. The number of hydrogen-bond donors (Lipinski definition) is 1. The molecule has 0 spiro atoms. The van der Waals surface area contributed by atoms with E-state index in [2.05, 4.69) is 46.1 Å². The number of likely N-dealkylation sites (tertiary alicyclic amines) is 1. The molecule has 1 aromatic rings. The summed E-state index contributed by atoms with van der Waals surface area (Å²) in [6.45, 7) is 6.84. The van der Waals surface area contributed by atoms with Crippen LogP contribution in [0.25, 0.3) is 0 Å². The maximum Gasteiger partial charge on any atom is 0.107 e. The topological polar surface area (TPSA) is 15.3 Å². The Bertz CT molecular complexity index is 400. The van der Waals surface area contributed by atoms with E-state index in [0.29, 0.717) is 18.0 Å². The third kappa shape index (κ3) is 3.53. The highest BCUT2D eigenvalue weighted by atomic mass is 79.9. The van der Waals surface area contributed by atoms with Crippen LogP contribution in [-0.2, 0) is 0 Å². The molecule has 0 radical (unpaired) electrons. The van der Waals surface area contributed by atoms with Crippen LogP contribution in [0.1, 0.15) is 37.6 Å². The van der Waals surface area contributed by atoms with Crippen LogP contribution in [0.2, 0.25) is 4.34 Å². The number of nitrogens with one attached hydrogen (secondary N) is 1. The van der Waals surface area contributed by atoms with Crippen LogP contribution in [0.3, 0.4) is 0 Å². The number of nitrogens with zero attached hydrogens (tertiary/aromatic N) is 1. The lowest BCUT2D eigenvalue weighted by Crippen LogP contribution is -2.45. The zero-order valence-electron chi connectivity index (χ0n) is 11.7. The van der Waals surface area contributed by atoms with Crippen LogP contribution in [0.15, 0.2) is 10.5 Å². The highest BCUT2D eigenvalue weighted by molar-refractivity contribution is 9.10. The second kappa shape index (κ2) is 6.90. The first-order valence-corrected chi connectivity index (χ1v) is 8.88. The summed E-state index contributed by atoms with van der Waals surface area (Å²) >= 11 is 11.5. The van der Waals surface area contributed by atoms with Gasteiger partial charge in [-0.1, -0.05) is 11.6 Å². The van der Waals surface area contributed by atoms with Crippen LogP contribution >= 0.6 is 38.9 Å². The molecule has 1 saturated heterocycles. The Labute approximate surface area is 133 Å². The van der Waals surface area contributed by atoms with E-state index in [1.54, 1.807) is 11.3 Å². The summed E-state index contributed by atoms with van der Waals surface area (Å²) in [5, 5.41) is 3.35. The highest BCUT2D eigenvalue weighted by Crippen LogP contribution is 2.43. The lowest BCUT2D eigenvalue weighted by molar-refractivity contribution is 0.0658. The second-order valence-electron chi connectivity index (χ2n) is 5.51. The first-order valence-electron chi connectivity index (χ1n) is 6.89. The van der Waals surface area contributed by atoms with E-state index in [9.17, 15) is 0 Å². The normalized spacial score (nSPS) is 25.2. The Balaban J connectivity index is 2.31. The molecule has 0 aliphatic carbocycles. The van der Waals surface area contributed by atoms with E-state index >= 15 is 0 Å². The predicted molar refractivity (Wildman–Crippen MR) is 88.3 cm³/mol. The molecule has 1 aromatic heterocycles. The van der Waals surface area contributed by atoms with Crippen LogP contribution in [-0.4, -0.2) is 31.1 Å². The molecule has 0 saturated carbocycles. The smallest absolute Gasteiger partial charge is 0.107 e. The van der Waals surface area contributed by atoms with Crippen LogP contribution in [0.5, 0.6) is 0 Å². The van der Waals surface area contributed by atoms with Crippen molar-refractivity contribution in [3.8, 4) is 0 Å². The number of piperidine rings is 1. The van der Waals surface area contributed by atoms with Gasteiger partial charge in [0.2, 0.25) is 0 Å². The quantitative estimate of drug-likeness (QED) is 0.842. The van der Waals surface area contributed by atoms with Crippen molar-refractivity contribution in [1.29, 1.82) is 0 Å². The van der Waals surface area contributed by atoms with Gasteiger partial charge in [0.15, 0.2) is 0 Å². The molecule has 0 aromatic carbocycles. The van der Waals surface area contributed by atoms with Gasteiger partial charge in [-0.15, -0.1) is 11.3 Å². The van der Waals surface area contributed by atoms with Crippen molar-refractivity contribution in [2.24, 2.45) is 5.92 Å². The predicted octanol–water partition coefficient (Wildman–Crippen LogP) is 4.54. The zero-order chi connectivity index (χ0) is 14.0. The molecular formula is C14H22BrClN2S. The Hall–Kier alpha value is 0.390. The average Bonchev–Trinajstić information content (AvgIpc) is 2.69. The lowest BCUT2D eigenvalue weighted by atomic mass is 9.87. The Morgan fingerprint density at radius 2 is 2.32 bits per heavy atom. The molecule has 1 N–H and O–H groups in total. The van der Waals surface area contributed by atoms with Gasteiger partial charge >= 0.3 is 0 Å². The summed E-state index contributed by atoms with van der Waals surface area (Å²) in [5.74, 6) is 0.669. The summed E-state index contributed by atoms with van der Waals surface area (Å²) in [6, 6.07) is 3.28. The van der Waals surface area contributed by atoms with Gasteiger partial charge in [0.05, 0.1) is 0 Å². The van der Waals surface area contributed by atoms with Gasteiger partial charge in [-0.25, -0.2) is 0 Å². The SMILES string of the molecule is CNCC1CCCN(C(C)C)C1c1cc(Br)c(Cl)s1. The second-order valence-corrected chi connectivity index (χ2v) is 8.05. The molecule has 2 heterocycles. The summed E-state index contributed by atoms with van der Waals surface area (Å²) in [6.07, 6.45) is 2.59. The van der Waals surface area contributed by atoms with E-state index in [0.717, 1.165) is 15.4 Å². The van der Waals surface area contributed by atoms with E-state index in [-0.39, 0.29) is 0 Å². The van der Waals surface area contributed by atoms with Gasteiger partial charge in [0, 0.05) is 21.4 Å². The molecule has 2 atom stereocenters. The van der Waals surface area contributed by atoms with Crippen molar-refractivity contribution in [2.45, 2.75) is 38.8 Å². The molecule has 1 fully saturated rings. The maximum absolute atomic E-state index is 6.24. The molecular weight excluding hydrogens is 344 g/mol. The minimum Gasteiger partial charge on any atom is -0.319 e. The lowest BCUT2D eigenvalue weighted by Gasteiger charge is -2.43. The van der Waals surface area contributed by atoms with Gasteiger partial charge in [-0.2, -0.15) is 0 Å². The number of hydrogen-bond acceptors (Lipinski definition) is 3. The molecule has 5 heteroatoms. The van der Waals surface area contributed by atoms with E-state index in [4.69, 9.17) is 11.6 Å². The van der Waals surface area contributed by atoms with Gasteiger partial charge < -0.3 is 5.32 Å². The fourth-order valence-corrected chi connectivity index (χ4v) is 5.02. The Kier molecular flexibility index (Phi) is 5.73. The first-order chi connectivity index (χ1) is 9.04. The Morgan fingerprint density at radius 3 is 2.84 bits per heavy atom. The van der Waals surface area contributed by atoms with E-state index in [1.165, 1.54) is 24.3 Å². The minimum absolute atomic E-state index is 0.495. The highest BCUT2D eigenvalue weighted by Gasteiger charge is 2.34. The largest absolute Gasteiger partial charge is 0.319 e. The summed E-state index contributed by atoms with van der Waals surface area (Å²) in [4.78, 5) is 4.02. The van der Waals surface area contributed by atoms with Gasteiger partial charge in [0.25, 0.3) is 0 Å². The van der Waals surface area contributed by atoms with Crippen molar-refractivity contribution < 1.29 is 0 Å². The van der Waals surface area contributed by atoms with Crippen molar-refractivity contribution >= 4 is 38.9 Å². The van der Waals surface area contributed by atoms with Crippen LogP contribution < -0.4 is 5.32 Å². The maximum atomic E-state index is 6.24. The molecule has 2 rings (SSSR count). The fourth-order valence-electron chi connectivity index (χ4n) is 3.06. The van der Waals surface area contributed by atoms with Crippen LogP contribution in [0, 0.1) is 5.92 Å². The van der Waals surface area contributed by atoms with E-state index in [1.807, 2.05) is 7.05 Å². The third-order valence-electron chi connectivity index (χ3n) is 3.88. The first kappa shape index (κ1) is 15.8. The van der Waals surface area contributed by atoms with Crippen molar-refractivity contribution in [1.82, 2.24) is 10.2 Å². The van der Waals surface area contributed by atoms with Crippen molar-refractivity contribution in [3.05, 3.63) is 19.8 Å². The van der Waals surface area contributed by atoms with E-state index < -0.39 is 0 Å². The number of rotatable bonds is 4. The molecule has 19 heavy (non-hydrogen) atoms. The fraction of sp³-hybridized carbons (Fsp3) is 0.714. The zero-order valence-corrected chi connectivity index (χ0v) is 14.9. The number of thiophene rings is 1. The molecule has 2 unspecified atom stereocenters. The molecule has 0 bridgehead atoms. The molecule has 0 amide bonds.